The minimum atomic E-state index is -0.297. The summed E-state index contributed by atoms with van der Waals surface area (Å²) in [5.74, 6) is 0.00312. The summed E-state index contributed by atoms with van der Waals surface area (Å²) in [6.45, 7) is 1.69. The normalized spacial score (nSPS) is 16.7. The number of carbonyl (C=O) groups excluding carboxylic acids is 2. The Bertz CT molecular complexity index is 262. The lowest BCUT2D eigenvalue weighted by Gasteiger charge is -2.31. The maximum absolute atomic E-state index is 11.4. The third-order valence-electron chi connectivity index (χ3n) is 2.83. The highest BCUT2D eigenvalue weighted by molar-refractivity contribution is 5.76. The number of methoxy groups -OCH3 is 2. The Hall–Kier alpha value is -1.30. The lowest BCUT2D eigenvalue weighted by Crippen LogP contribution is -2.46. The number of hydrogen-bond acceptors (Lipinski definition) is 4. The molecule has 2 amide bonds. The third kappa shape index (κ3) is 4.60. The van der Waals surface area contributed by atoms with Gasteiger partial charge in [0.05, 0.1) is 13.7 Å². The molecule has 0 atom stereocenters. The lowest BCUT2D eigenvalue weighted by molar-refractivity contribution is -0.122. The van der Waals surface area contributed by atoms with E-state index in [1.807, 2.05) is 0 Å². The van der Waals surface area contributed by atoms with E-state index in [0.717, 1.165) is 12.8 Å². The molecule has 6 heteroatoms. The van der Waals surface area contributed by atoms with Crippen molar-refractivity contribution in [3.8, 4) is 0 Å². The first kappa shape index (κ1) is 13.8. The van der Waals surface area contributed by atoms with Gasteiger partial charge in [-0.3, -0.25) is 4.79 Å². The number of likely N-dealkylation sites (tertiary alicyclic amines) is 1. The Balaban J connectivity index is 2.23. The second-order valence-electron chi connectivity index (χ2n) is 4.04. The molecule has 0 aliphatic carbocycles. The van der Waals surface area contributed by atoms with Gasteiger partial charge in [-0.1, -0.05) is 0 Å². The maximum Gasteiger partial charge on any atom is 0.409 e. The number of nitrogens with zero attached hydrogens (tertiary/aromatic N) is 1. The summed E-state index contributed by atoms with van der Waals surface area (Å²) in [6, 6.07) is 0.153. The number of amides is 2. The van der Waals surface area contributed by atoms with Gasteiger partial charge < -0.3 is 19.7 Å². The van der Waals surface area contributed by atoms with E-state index in [9.17, 15) is 9.59 Å². The molecule has 0 spiro atoms. The molecule has 1 fully saturated rings. The molecule has 0 aromatic rings. The van der Waals surface area contributed by atoms with Crippen molar-refractivity contribution in [2.75, 3.05) is 33.9 Å². The van der Waals surface area contributed by atoms with E-state index >= 15 is 0 Å². The van der Waals surface area contributed by atoms with Gasteiger partial charge >= 0.3 is 6.09 Å². The topological polar surface area (TPSA) is 67.9 Å². The minimum Gasteiger partial charge on any atom is -0.453 e. The van der Waals surface area contributed by atoms with Crippen molar-refractivity contribution < 1.29 is 19.1 Å². The van der Waals surface area contributed by atoms with Gasteiger partial charge in [0.1, 0.15) is 0 Å². The number of hydrogen-bond donors (Lipinski definition) is 1. The average Bonchev–Trinajstić information content (AvgIpc) is 2.36. The lowest BCUT2D eigenvalue weighted by atomic mass is 10.1. The largest absolute Gasteiger partial charge is 0.453 e. The molecule has 1 heterocycles. The van der Waals surface area contributed by atoms with Crippen LogP contribution in [0.3, 0.4) is 0 Å². The van der Waals surface area contributed by atoms with Gasteiger partial charge in [0.25, 0.3) is 0 Å². The standard InChI is InChI=1S/C11H20N2O4/c1-16-8-5-10(14)12-9-3-6-13(7-4-9)11(15)17-2/h9H,3-8H2,1-2H3,(H,12,14). The van der Waals surface area contributed by atoms with E-state index < -0.39 is 0 Å². The molecule has 0 bridgehead atoms. The van der Waals surface area contributed by atoms with Crippen LogP contribution in [0.2, 0.25) is 0 Å². The van der Waals surface area contributed by atoms with Gasteiger partial charge in [0.15, 0.2) is 0 Å². The molecule has 0 unspecified atom stereocenters. The Morgan fingerprint density at radius 2 is 1.94 bits per heavy atom. The second kappa shape index (κ2) is 7.11. The fraction of sp³-hybridized carbons (Fsp3) is 0.818. The highest BCUT2D eigenvalue weighted by Gasteiger charge is 2.23. The summed E-state index contributed by atoms with van der Waals surface area (Å²) >= 11 is 0. The van der Waals surface area contributed by atoms with Crippen LogP contribution in [-0.4, -0.2) is 56.9 Å². The van der Waals surface area contributed by atoms with Crippen molar-refractivity contribution in [3.05, 3.63) is 0 Å². The number of piperidine rings is 1. The molecule has 98 valence electrons. The quantitative estimate of drug-likeness (QED) is 0.776. The molecule has 1 N–H and O–H groups in total. The van der Waals surface area contributed by atoms with Gasteiger partial charge in [-0.15, -0.1) is 0 Å². The van der Waals surface area contributed by atoms with Crippen LogP contribution in [0.25, 0.3) is 0 Å². The Morgan fingerprint density at radius 3 is 2.47 bits per heavy atom. The predicted octanol–water partition coefficient (Wildman–Crippen LogP) is 0.370. The summed E-state index contributed by atoms with van der Waals surface area (Å²) in [5.41, 5.74) is 0. The summed E-state index contributed by atoms with van der Waals surface area (Å²) in [4.78, 5) is 24.3. The van der Waals surface area contributed by atoms with Crippen molar-refractivity contribution in [2.45, 2.75) is 25.3 Å². The van der Waals surface area contributed by atoms with Crippen LogP contribution in [-0.2, 0) is 14.3 Å². The van der Waals surface area contributed by atoms with Crippen molar-refractivity contribution in [3.63, 3.8) is 0 Å². The molecule has 0 aromatic heterocycles. The van der Waals surface area contributed by atoms with Crippen LogP contribution in [0.1, 0.15) is 19.3 Å². The fourth-order valence-electron chi connectivity index (χ4n) is 1.83. The van der Waals surface area contributed by atoms with Crippen LogP contribution in [0, 0.1) is 0 Å². The highest BCUT2D eigenvalue weighted by Crippen LogP contribution is 2.11. The minimum absolute atomic E-state index is 0.00312. The third-order valence-corrected chi connectivity index (χ3v) is 2.83. The molecule has 1 aliphatic heterocycles. The van der Waals surface area contributed by atoms with E-state index in [1.54, 1.807) is 12.0 Å². The molecule has 0 saturated carbocycles. The van der Waals surface area contributed by atoms with Crippen LogP contribution in [0.4, 0.5) is 4.79 Å². The zero-order valence-corrected chi connectivity index (χ0v) is 10.4. The number of rotatable bonds is 4. The molecule has 1 rings (SSSR count). The van der Waals surface area contributed by atoms with Crippen LogP contribution in [0.15, 0.2) is 0 Å². The first-order chi connectivity index (χ1) is 8.17. The first-order valence-corrected chi connectivity index (χ1v) is 5.78. The van der Waals surface area contributed by atoms with Gasteiger partial charge in [0.2, 0.25) is 5.91 Å². The van der Waals surface area contributed by atoms with Crippen molar-refractivity contribution in [1.29, 1.82) is 0 Å². The molecule has 1 aliphatic rings. The molecule has 6 nitrogen and oxygen atoms in total. The second-order valence-corrected chi connectivity index (χ2v) is 4.04. The van der Waals surface area contributed by atoms with E-state index in [4.69, 9.17) is 4.74 Å². The Morgan fingerprint density at radius 1 is 1.29 bits per heavy atom. The Labute approximate surface area is 101 Å². The molecule has 0 radical (unpaired) electrons. The smallest absolute Gasteiger partial charge is 0.409 e. The summed E-state index contributed by atoms with van der Waals surface area (Å²) in [6.07, 6.45) is 1.63. The van der Waals surface area contributed by atoms with E-state index in [2.05, 4.69) is 10.1 Å². The first-order valence-electron chi connectivity index (χ1n) is 5.78. The molecular weight excluding hydrogens is 224 g/mol. The SMILES string of the molecule is COCCC(=O)NC1CCN(C(=O)OC)CC1. The molecule has 0 aromatic carbocycles. The van der Waals surface area contributed by atoms with Gasteiger partial charge in [-0.2, -0.15) is 0 Å². The number of nitrogens with one attached hydrogen (secondary N) is 1. The van der Waals surface area contributed by atoms with Gasteiger partial charge in [-0.25, -0.2) is 4.79 Å². The van der Waals surface area contributed by atoms with E-state index in [0.29, 0.717) is 26.1 Å². The predicted molar refractivity (Wildman–Crippen MR) is 61.6 cm³/mol. The van der Waals surface area contributed by atoms with Crippen LogP contribution < -0.4 is 5.32 Å². The number of ether oxygens (including phenoxy) is 2. The fourth-order valence-corrected chi connectivity index (χ4v) is 1.83. The van der Waals surface area contributed by atoms with Crippen molar-refractivity contribution in [1.82, 2.24) is 10.2 Å². The van der Waals surface area contributed by atoms with Crippen molar-refractivity contribution >= 4 is 12.0 Å². The molecular formula is C11H20N2O4. The van der Waals surface area contributed by atoms with E-state index in [-0.39, 0.29) is 18.0 Å². The highest BCUT2D eigenvalue weighted by atomic mass is 16.5. The average molecular weight is 244 g/mol. The summed E-state index contributed by atoms with van der Waals surface area (Å²) < 4.78 is 9.48. The van der Waals surface area contributed by atoms with Crippen molar-refractivity contribution in [2.24, 2.45) is 0 Å². The number of carbonyl (C=O) groups is 2. The van der Waals surface area contributed by atoms with E-state index in [1.165, 1.54) is 7.11 Å². The Kier molecular flexibility index (Phi) is 5.76. The van der Waals surface area contributed by atoms with Crippen LogP contribution in [0.5, 0.6) is 0 Å². The zero-order chi connectivity index (χ0) is 12.7. The van der Waals surface area contributed by atoms with Crippen LogP contribution >= 0.6 is 0 Å². The van der Waals surface area contributed by atoms with Gasteiger partial charge in [-0.05, 0) is 12.8 Å². The van der Waals surface area contributed by atoms with Gasteiger partial charge in [0, 0.05) is 32.7 Å². The summed E-state index contributed by atoms with van der Waals surface area (Å²) in [5, 5.41) is 2.93. The molecule has 17 heavy (non-hydrogen) atoms. The summed E-state index contributed by atoms with van der Waals surface area (Å²) in [7, 11) is 2.95. The zero-order valence-electron chi connectivity index (χ0n) is 10.4. The monoisotopic (exact) mass is 244 g/mol. The molecule has 1 saturated heterocycles. The maximum atomic E-state index is 11.4.